The summed E-state index contributed by atoms with van der Waals surface area (Å²) in [6.45, 7) is 2.23. The van der Waals surface area contributed by atoms with Crippen molar-refractivity contribution in [3.63, 3.8) is 0 Å². The molecular weight excluding hydrogens is 332 g/mol. The van der Waals surface area contributed by atoms with Gasteiger partial charge < -0.3 is 10.6 Å². The Balaban J connectivity index is 1.63. The first-order chi connectivity index (χ1) is 12.6. The van der Waals surface area contributed by atoms with Gasteiger partial charge in [0.05, 0.1) is 12.6 Å². The van der Waals surface area contributed by atoms with Gasteiger partial charge in [-0.05, 0) is 31.5 Å². The Bertz CT molecular complexity index is 625. The molecule has 7 nitrogen and oxygen atoms in total. The molecule has 2 N–H and O–H groups in total. The second-order valence-corrected chi connectivity index (χ2v) is 6.82. The van der Waals surface area contributed by atoms with Gasteiger partial charge in [-0.3, -0.25) is 19.4 Å². The van der Waals surface area contributed by atoms with E-state index in [1.807, 2.05) is 18.2 Å². The van der Waals surface area contributed by atoms with Crippen molar-refractivity contribution in [2.45, 2.75) is 31.7 Å². The fourth-order valence-corrected chi connectivity index (χ4v) is 3.57. The highest BCUT2D eigenvalue weighted by Crippen LogP contribution is 2.23. The highest BCUT2D eigenvalue weighted by atomic mass is 16.2. The van der Waals surface area contributed by atoms with Gasteiger partial charge in [-0.15, -0.1) is 0 Å². The minimum absolute atomic E-state index is 0.0352. The van der Waals surface area contributed by atoms with Gasteiger partial charge in [0.15, 0.2) is 0 Å². The molecule has 2 fully saturated rings. The standard InChI is InChI=1S/C19H26N4O3/c24-17(14-23-18(25)13-21-19(23)26)20-12-16(15-8-4-3-5-9-15)22-10-6-1-2-7-11-22/h3-5,8-9,16H,1-2,6-7,10-14H2,(H,20,24)(H,21,26)/t16-/m1/s1. The summed E-state index contributed by atoms with van der Waals surface area (Å²) in [4.78, 5) is 38.8. The topological polar surface area (TPSA) is 81.8 Å². The van der Waals surface area contributed by atoms with Crippen LogP contribution in [-0.2, 0) is 9.59 Å². The summed E-state index contributed by atoms with van der Waals surface area (Å²) in [5.41, 5.74) is 1.17. The van der Waals surface area contributed by atoms with Crippen molar-refractivity contribution in [3.05, 3.63) is 35.9 Å². The van der Waals surface area contributed by atoms with E-state index in [1.165, 1.54) is 31.2 Å². The summed E-state index contributed by atoms with van der Waals surface area (Å²) in [6.07, 6.45) is 4.83. The third kappa shape index (κ3) is 4.60. The molecule has 1 aromatic rings. The average Bonchev–Trinajstić information content (AvgIpc) is 2.85. The third-order valence-electron chi connectivity index (χ3n) is 5.00. The van der Waals surface area contributed by atoms with E-state index in [-0.39, 0.29) is 30.9 Å². The quantitative estimate of drug-likeness (QED) is 0.751. The van der Waals surface area contributed by atoms with Crippen LogP contribution in [0.4, 0.5) is 4.79 Å². The Morgan fingerprint density at radius 1 is 1.08 bits per heavy atom. The molecule has 0 bridgehead atoms. The molecule has 26 heavy (non-hydrogen) atoms. The van der Waals surface area contributed by atoms with Crippen LogP contribution in [0, 0.1) is 0 Å². The number of nitrogens with one attached hydrogen (secondary N) is 2. The summed E-state index contributed by atoms with van der Waals surface area (Å²) in [5.74, 6) is -0.677. The molecule has 1 aromatic carbocycles. The number of hydrogen-bond donors (Lipinski definition) is 2. The Morgan fingerprint density at radius 2 is 1.77 bits per heavy atom. The van der Waals surface area contributed by atoms with E-state index in [1.54, 1.807) is 0 Å². The highest BCUT2D eigenvalue weighted by molar-refractivity contribution is 6.04. The molecular formula is C19H26N4O3. The second kappa shape index (κ2) is 8.80. The summed E-state index contributed by atoms with van der Waals surface area (Å²) < 4.78 is 0. The zero-order valence-electron chi connectivity index (χ0n) is 14.9. The molecule has 3 rings (SSSR count). The lowest BCUT2D eigenvalue weighted by molar-refractivity contribution is -0.130. The maximum Gasteiger partial charge on any atom is 0.325 e. The number of likely N-dealkylation sites (tertiary alicyclic amines) is 1. The van der Waals surface area contributed by atoms with Crippen LogP contribution < -0.4 is 10.6 Å². The lowest BCUT2D eigenvalue weighted by atomic mass is 10.0. The van der Waals surface area contributed by atoms with Gasteiger partial charge in [-0.1, -0.05) is 43.2 Å². The average molecular weight is 358 g/mol. The molecule has 140 valence electrons. The Morgan fingerprint density at radius 3 is 2.38 bits per heavy atom. The lowest BCUT2D eigenvalue weighted by Gasteiger charge is -2.31. The van der Waals surface area contributed by atoms with Crippen LogP contribution in [0.1, 0.15) is 37.3 Å². The fraction of sp³-hybridized carbons (Fsp3) is 0.526. The van der Waals surface area contributed by atoms with Gasteiger partial charge in [0.2, 0.25) is 5.91 Å². The van der Waals surface area contributed by atoms with Crippen molar-refractivity contribution in [1.29, 1.82) is 0 Å². The Labute approximate surface area is 153 Å². The second-order valence-electron chi connectivity index (χ2n) is 6.82. The molecule has 0 aliphatic carbocycles. The molecule has 2 aliphatic heterocycles. The molecule has 1 atom stereocenters. The van der Waals surface area contributed by atoms with E-state index in [2.05, 4.69) is 27.7 Å². The first-order valence-electron chi connectivity index (χ1n) is 9.29. The number of carbonyl (C=O) groups is 3. The van der Waals surface area contributed by atoms with Crippen molar-refractivity contribution >= 4 is 17.8 Å². The summed E-state index contributed by atoms with van der Waals surface area (Å²) in [7, 11) is 0. The molecule has 2 aliphatic rings. The zero-order valence-corrected chi connectivity index (χ0v) is 14.9. The maximum absolute atomic E-state index is 12.3. The van der Waals surface area contributed by atoms with Crippen LogP contribution in [0.25, 0.3) is 0 Å². The van der Waals surface area contributed by atoms with Gasteiger partial charge in [0.25, 0.3) is 5.91 Å². The van der Waals surface area contributed by atoms with Gasteiger partial charge in [0, 0.05) is 6.54 Å². The number of nitrogens with zero attached hydrogens (tertiary/aromatic N) is 2. The zero-order chi connectivity index (χ0) is 18.4. The van der Waals surface area contributed by atoms with Gasteiger partial charge in [0.1, 0.15) is 6.54 Å². The van der Waals surface area contributed by atoms with E-state index in [4.69, 9.17) is 0 Å². The molecule has 0 unspecified atom stereocenters. The Kier molecular flexibility index (Phi) is 6.22. The highest BCUT2D eigenvalue weighted by Gasteiger charge is 2.30. The number of hydrogen-bond acceptors (Lipinski definition) is 4. The van der Waals surface area contributed by atoms with E-state index in [9.17, 15) is 14.4 Å². The normalized spacial score (nSPS) is 19.8. The van der Waals surface area contributed by atoms with Crippen molar-refractivity contribution in [2.24, 2.45) is 0 Å². The van der Waals surface area contributed by atoms with Crippen LogP contribution in [0.3, 0.4) is 0 Å². The smallest absolute Gasteiger partial charge is 0.325 e. The van der Waals surface area contributed by atoms with Crippen molar-refractivity contribution < 1.29 is 14.4 Å². The van der Waals surface area contributed by atoms with Crippen molar-refractivity contribution in [1.82, 2.24) is 20.4 Å². The number of benzene rings is 1. The largest absolute Gasteiger partial charge is 0.353 e. The molecule has 0 aromatic heterocycles. The monoisotopic (exact) mass is 358 g/mol. The molecule has 0 saturated carbocycles. The van der Waals surface area contributed by atoms with E-state index < -0.39 is 6.03 Å². The number of urea groups is 1. The number of amides is 4. The van der Waals surface area contributed by atoms with Gasteiger partial charge >= 0.3 is 6.03 Å². The maximum atomic E-state index is 12.3. The Hall–Kier alpha value is -2.41. The molecule has 0 radical (unpaired) electrons. The molecule has 4 amide bonds. The molecule has 2 heterocycles. The minimum Gasteiger partial charge on any atom is -0.353 e. The van der Waals surface area contributed by atoms with Crippen LogP contribution in [0.5, 0.6) is 0 Å². The van der Waals surface area contributed by atoms with Crippen LogP contribution >= 0.6 is 0 Å². The van der Waals surface area contributed by atoms with Crippen LogP contribution in [0.2, 0.25) is 0 Å². The summed E-state index contributed by atoms with van der Waals surface area (Å²) >= 11 is 0. The van der Waals surface area contributed by atoms with Crippen molar-refractivity contribution in [2.75, 3.05) is 32.7 Å². The van der Waals surface area contributed by atoms with Gasteiger partial charge in [-0.25, -0.2) is 4.79 Å². The summed E-state index contributed by atoms with van der Waals surface area (Å²) in [5, 5.41) is 5.34. The van der Waals surface area contributed by atoms with E-state index in [0.717, 1.165) is 18.0 Å². The van der Waals surface area contributed by atoms with E-state index in [0.29, 0.717) is 6.54 Å². The molecule has 0 spiro atoms. The van der Waals surface area contributed by atoms with Crippen molar-refractivity contribution in [3.8, 4) is 0 Å². The number of carbonyl (C=O) groups excluding carboxylic acids is 3. The molecule has 2 saturated heterocycles. The van der Waals surface area contributed by atoms with Gasteiger partial charge in [-0.2, -0.15) is 0 Å². The lowest BCUT2D eigenvalue weighted by Crippen LogP contribution is -2.44. The summed E-state index contributed by atoms with van der Waals surface area (Å²) in [6, 6.07) is 9.76. The minimum atomic E-state index is -0.503. The first-order valence-corrected chi connectivity index (χ1v) is 9.29. The number of imide groups is 1. The van der Waals surface area contributed by atoms with E-state index >= 15 is 0 Å². The van der Waals surface area contributed by atoms with Crippen LogP contribution in [-0.4, -0.2) is 60.4 Å². The fourth-order valence-electron chi connectivity index (χ4n) is 3.57. The first kappa shape index (κ1) is 18.4. The SMILES string of the molecule is O=C(CN1C(=O)CNC1=O)NC[C@H](c1ccccc1)N1CCCCCC1. The van der Waals surface area contributed by atoms with Crippen LogP contribution in [0.15, 0.2) is 30.3 Å². The molecule has 7 heteroatoms. The predicted molar refractivity (Wildman–Crippen MR) is 97.3 cm³/mol. The predicted octanol–water partition coefficient (Wildman–Crippen LogP) is 1.27. The number of rotatable bonds is 6. The third-order valence-corrected chi connectivity index (χ3v) is 5.00.